The van der Waals surface area contributed by atoms with E-state index in [-0.39, 0.29) is 11.8 Å². The molecule has 0 aromatic heterocycles. The highest BCUT2D eigenvalue weighted by molar-refractivity contribution is 5.95. The minimum absolute atomic E-state index is 0.151. The Morgan fingerprint density at radius 2 is 1.76 bits per heavy atom. The third-order valence-electron chi connectivity index (χ3n) is 2.02. The number of hydrogen-bond donors (Lipinski definition) is 2. The van der Waals surface area contributed by atoms with Crippen molar-refractivity contribution in [3.8, 4) is 0 Å². The van der Waals surface area contributed by atoms with Gasteiger partial charge in [0.1, 0.15) is 6.29 Å². The second kappa shape index (κ2) is 5.79. The Bertz CT molecular complexity index is 455. The zero-order valence-corrected chi connectivity index (χ0v) is 9.74. The van der Waals surface area contributed by atoms with Crippen molar-refractivity contribution in [1.29, 1.82) is 0 Å². The summed E-state index contributed by atoms with van der Waals surface area (Å²) in [6, 6.07) is 4.68. The average molecular weight is 234 g/mol. The SMILES string of the molecule is CCC(=O)Nc1cc(C=O)cc(NC(C)=O)c1. The topological polar surface area (TPSA) is 75.3 Å². The molecule has 0 aliphatic rings. The third-order valence-corrected chi connectivity index (χ3v) is 2.02. The van der Waals surface area contributed by atoms with Crippen molar-refractivity contribution in [2.45, 2.75) is 20.3 Å². The van der Waals surface area contributed by atoms with Crippen LogP contribution in [0.25, 0.3) is 0 Å². The lowest BCUT2D eigenvalue weighted by Crippen LogP contribution is -2.11. The van der Waals surface area contributed by atoms with E-state index in [0.29, 0.717) is 29.6 Å². The van der Waals surface area contributed by atoms with E-state index in [9.17, 15) is 14.4 Å². The number of rotatable bonds is 4. The van der Waals surface area contributed by atoms with Crippen molar-refractivity contribution in [2.24, 2.45) is 0 Å². The van der Waals surface area contributed by atoms with Crippen molar-refractivity contribution < 1.29 is 14.4 Å². The number of benzene rings is 1. The monoisotopic (exact) mass is 234 g/mol. The van der Waals surface area contributed by atoms with E-state index in [4.69, 9.17) is 0 Å². The van der Waals surface area contributed by atoms with Crippen LogP contribution in [0.2, 0.25) is 0 Å². The summed E-state index contributed by atoms with van der Waals surface area (Å²) in [6.07, 6.45) is 1.01. The van der Waals surface area contributed by atoms with Crippen LogP contribution in [0.3, 0.4) is 0 Å². The van der Waals surface area contributed by atoms with E-state index in [2.05, 4.69) is 10.6 Å². The van der Waals surface area contributed by atoms with E-state index in [1.165, 1.54) is 13.0 Å². The molecule has 0 aliphatic heterocycles. The molecule has 0 heterocycles. The number of nitrogens with one attached hydrogen (secondary N) is 2. The van der Waals surface area contributed by atoms with Gasteiger partial charge >= 0.3 is 0 Å². The van der Waals surface area contributed by atoms with Crippen LogP contribution >= 0.6 is 0 Å². The van der Waals surface area contributed by atoms with Crippen molar-refractivity contribution in [3.05, 3.63) is 23.8 Å². The number of carbonyl (C=O) groups excluding carboxylic acids is 3. The molecule has 5 nitrogen and oxygen atoms in total. The van der Waals surface area contributed by atoms with Crippen LogP contribution in [-0.2, 0) is 9.59 Å². The Kier molecular flexibility index (Phi) is 4.39. The van der Waals surface area contributed by atoms with E-state index in [1.807, 2.05) is 0 Å². The molecule has 90 valence electrons. The molecule has 5 heteroatoms. The standard InChI is InChI=1S/C12H14N2O3/c1-3-12(17)14-11-5-9(7-15)4-10(6-11)13-8(2)16/h4-7H,3H2,1-2H3,(H,13,16)(H,14,17). The minimum Gasteiger partial charge on any atom is -0.326 e. The van der Waals surface area contributed by atoms with Gasteiger partial charge in [-0.05, 0) is 18.2 Å². The Morgan fingerprint density at radius 1 is 1.18 bits per heavy atom. The lowest BCUT2D eigenvalue weighted by molar-refractivity contribution is -0.116. The molecule has 0 atom stereocenters. The summed E-state index contributed by atoms with van der Waals surface area (Å²) in [7, 11) is 0. The number of aldehydes is 1. The number of carbonyl (C=O) groups is 3. The predicted octanol–water partition coefficient (Wildman–Crippen LogP) is 1.81. The maximum atomic E-state index is 11.2. The van der Waals surface area contributed by atoms with E-state index >= 15 is 0 Å². The van der Waals surface area contributed by atoms with Gasteiger partial charge in [0, 0.05) is 30.3 Å². The van der Waals surface area contributed by atoms with E-state index < -0.39 is 0 Å². The number of amides is 2. The molecule has 1 aromatic rings. The normalized spacial score (nSPS) is 9.53. The van der Waals surface area contributed by atoms with Crippen molar-refractivity contribution >= 4 is 29.5 Å². The summed E-state index contributed by atoms with van der Waals surface area (Å²) in [5, 5.41) is 5.19. The molecule has 0 fully saturated rings. The molecule has 0 saturated heterocycles. The fourth-order valence-corrected chi connectivity index (χ4v) is 1.32. The Balaban J connectivity index is 3.00. The van der Waals surface area contributed by atoms with Crippen LogP contribution in [0.15, 0.2) is 18.2 Å². The molecule has 2 amide bonds. The van der Waals surface area contributed by atoms with Gasteiger partial charge < -0.3 is 10.6 Å². The Labute approximate surface area is 99.2 Å². The highest BCUT2D eigenvalue weighted by atomic mass is 16.2. The summed E-state index contributed by atoms with van der Waals surface area (Å²) >= 11 is 0. The smallest absolute Gasteiger partial charge is 0.224 e. The molecule has 0 bridgehead atoms. The van der Waals surface area contributed by atoms with E-state index in [1.54, 1.807) is 19.1 Å². The summed E-state index contributed by atoms with van der Waals surface area (Å²) in [5.74, 6) is -0.386. The highest BCUT2D eigenvalue weighted by Crippen LogP contribution is 2.18. The van der Waals surface area contributed by atoms with Crippen molar-refractivity contribution in [2.75, 3.05) is 10.6 Å². The van der Waals surface area contributed by atoms with Gasteiger partial charge in [0.15, 0.2) is 0 Å². The maximum absolute atomic E-state index is 11.2. The van der Waals surface area contributed by atoms with Crippen molar-refractivity contribution in [3.63, 3.8) is 0 Å². The van der Waals surface area contributed by atoms with Gasteiger partial charge in [-0.2, -0.15) is 0 Å². The molecule has 2 N–H and O–H groups in total. The molecule has 17 heavy (non-hydrogen) atoms. The first-order valence-electron chi connectivity index (χ1n) is 5.23. The summed E-state index contributed by atoms with van der Waals surface area (Å²) < 4.78 is 0. The van der Waals surface area contributed by atoms with Gasteiger partial charge in [-0.15, -0.1) is 0 Å². The highest BCUT2D eigenvalue weighted by Gasteiger charge is 2.04. The Hall–Kier alpha value is -2.17. The predicted molar refractivity (Wildman–Crippen MR) is 65.1 cm³/mol. The molecule has 0 unspecified atom stereocenters. The zero-order chi connectivity index (χ0) is 12.8. The molecular weight excluding hydrogens is 220 g/mol. The first-order valence-corrected chi connectivity index (χ1v) is 5.23. The number of anilines is 2. The van der Waals surface area contributed by atoms with Crippen LogP contribution in [0, 0.1) is 0 Å². The van der Waals surface area contributed by atoms with Crippen LogP contribution in [0.1, 0.15) is 30.6 Å². The van der Waals surface area contributed by atoms with Crippen LogP contribution in [0.4, 0.5) is 11.4 Å². The minimum atomic E-state index is -0.235. The summed E-state index contributed by atoms with van der Waals surface area (Å²) in [4.78, 5) is 32.9. The molecule has 1 aromatic carbocycles. The molecular formula is C12H14N2O3. The van der Waals surface area contributed by atoms with Gasteiger partial charge in [-0.25, -0.2) is 0 Å². The Morgan fingerprint density at radius 3 is 2.24 bits per heavy atom. The van der Waals surface area contributed by atoms with Gasteiger partial charge in [0.2, 0.25) is 11.8 Å². The van der Waals surface area contributed by atoms with Gasteiger partial charge in [0.05, 0.1) is 0 Å². The largest absolute Gasteiger partial charge is 0.326 e. The van der Waals surface area contributed by atoms with Crippen LogP contribution < -0.4 is 10.6 Å². The molecule has 0 radical (unpaired) electrons. The lowest BCUT2D eigenvalue weighted by atomic mass is 10.2. The fraction of sp³-hybridized carbons (Fsp3) is 0.250. The fourth-order valence-electron chi connectivity index (χ4n) is 1.32. The molecule has 0 spiro atoms. The van der Waals surface area contributed by atoms with Crippen LogP contribution in [-0.4, -0.2) is 18.1 Å². The van der Waals surface area contributed by atoms with Gasteiger partial charge in [0.25, 0.3) is 0 Å². The van der Waals surface area contributed by atoms with Gasteiger partial charge in [-0.1, -0.05) is 6.92 Å². The van der Waals surface area contributed by atoms with Crippen molar-refractivity contribution in [1.82, 2.24) is 0 Å². The van der Waals surface area contributed by atoms with E-state index in [0.717, 1.165) is 0 Å². The maximum Gasteiger partial charge on any atom is 0.224 e. The first-order chi connectivity index (χ1) is 8.05. The molecule has 0 aliphatic carbocycles. The first kappa shape index (κ1) is 12.9. The second-order valence-electron chi connectivity index (χ2n) is 3.54. The average Bonchev–Trinajstić information content (AvgIpc) is 2.27. The quantitative estimate of drug-likeness (QED) is 0.780. The zero-order valence-electron chi connectivity index (χ0n) is 9.74. The van der Waals surface area contributed by atoms with Crippen LogP contribution in [0.5, 0.6) is 0 Å². The summed E-state index contributed by atoms with van der Waals surface area (Å²) in [5.41, 5.74) is 1.36. The molecule has 0 saturated carbocycles. The third kappa shape index (κ3) is 4.06. The van der Waals surface area contributed by atoms with Gasteiger partial charge in [-0.3, -0.25) is 14.4 Å². The second-order valence-corrected chi connectivity index (χ2v) is 3.54. The number of hydrogen-bond acceptors (Lipinski definition) is 3. The molecule has 1 rings (SSSR count). The lowest BCUT2D eigenvalue weighted by Gasteiger charge is -2.08. The summed E-state index contributed by atoms with van der Waals surface area (Å²) in [6.45, 7) is 3.10.